The lowest BCUT2D eigenvalue weighted by atomic mass is 10.3. The van der Waals surface area contributed by atoms with Gasteiger partial charge >= 0.3 is 6.03 Å². The maximum atomic E-state index is 11.7. The Balaban J connectivity index is 2.28. The van der Waals surface area contributed by atoms with Crippen molar-refractivity contribution in [1.82, 2.24) is 15.5 Å². The van der Waals surface area contributed by atoms with E-state index in [2.05, 4.69) is 10.6 Å². The molecule has 0 spiro atoms. The summed E-state index contributed by atoms with van der Waals surface area (Å²) >= 11 is 0. The zero-order valence-corrected chi connectivity index (χ0v) is 10.7. The topological polar surface area (TPSA) is 70.7 Å². The van der Waals surface area contributed by atoms with E-state index >= 15 is 0 Å². The molecule has 0 aromatic rings. The van der Waals surface area contributed by atoms with Gasteiger partial charge in [0.2, 0.25) is 5.91 Å². The fourth-order valence-electron chi connectivity index (χ4n) is 1.59. The van der Waals surface area contributed by atoms with Crippen LogP contribution in [0.1, 0.15) is 20.3 Å². The van der Waals surface area contributed by atoms with Crippen LogP contribution in [-0.2, 0) is 9.53 Å². The van der Waals surface area contributed by atoms with Gasteiger partial charge in [0.05, 0.1) is 12.6 Å². The van der Waals surface area contributed by atoms with Crippen molar-refractivity contribution in [3.63, 3.8) is 0 Å². The number of carbonyl (C=O) groups excluding carboxylic acids is 2. The number of nitrogens with zero attached hydrogens (tertiary/aromatic N) is 1. The van der Waals surface area contributed by atoms with Crippen LogP contribution >= 0.6 is 0 Å². The summed E-state index contributed by atoms with van der Waals surface area (Å²) in [5, 5.41) is 5.56. The Morgan fingerprint density at radius 1 is 1.47 bits per heavy atom. The number of hydrogen-bond donors (Lipinski definition) is 2. The maximum Gasteiger partial charge on any atom is 0.317 e. The Bertz CT molecular complexity index is 275. The Morgan fingerprint density at radius 2 is 2.18 bits per heavy atom. The van der Waals surface area contributed by atoms with Gasteiger partial charge in [-0.05, 0) is 20.3 Å². The van der Waals surface area contributed by atoms with Crippen LogP contribution in [0.2, 0.25) is 0 Å². The highest BCUT2D eigenvalue weighted by Gasteiger charge is 2.20. The van der Waals surface area contributed by atoms with Gasteiger partial charge < -0.3 is 20.3 Å². The van der Waals surface area contributed by atoms with E-state index in [1.807, 2.05) is 13.8 Å². The van der Waals surface area contributed by atoms with Crippen molar-refractivity contribution in [2.45, 2.75) is 32.4 Å². The number of hydrogen-bond acceptors (Lipinski definition) is 3. The molecule has 6 nitrogen and oxygen atoms in total. The molecule has 1 aliphatic rings. The lowest BCUT2D eigenvalue weighted by molar-refractivity contribution is -0.121. The number of ether oxygens (including phenoxy) is 1. The number of urea groups is 1. The summed E-state index contributed by atoms with van der Waals surface area (Å²) in [5.74, 6) is -0.152. The van der Waals surface area contributed by atoms with E-state index in [1.165, 1.54) is 4.90 Å². The lowest BCUT2D eigenvalue weighted by Crippen LogP contribution is -2.47. The zero-order chi connectivity index (χ0) is 12.8. The minimum absolute atomic E-state index is 0.0671. The molecule has 1 atom stereocenters. The first-order valence-corrected chi connectivity index (χ1v) is 5.87. The summed E-state index contributed by atoms with van der Waals surface area (Å²) in [6.07, 6.45) is 0.831. The molecular weight excluding hydrogens is 222 g/mol. The third kappa shape index (κ3) is 5.04. The normalized spacial score (nSPS) is 19.2. The Kier molecular flexibility index (Phi) is 5.21. The second kappa shape index (κ2) is 6.44. The average Bonchev–Trinajstić information content (AvgIpc) is 2.68. The predicted molar refractivity (Wildman–Crippen MR) is 63.7 cm³/mol. The van der Waals surface area contributed by atoms with Crippen molar-refractivity contribution in [3.05, 3.63) is 0 Å². The van der Waals surface area contributed by atoms with Crippen molar-refractivity contribution >= 4 is 11.9 Å². The van der Waals surface area contributed by atoms with Gasteiger partial charge in [-0.1, -0.05) is 0 Å². The third-order valence-electron chi connectivity index (χ3n) is 2.43. The molecule has 1 heterocycles. The molecule has 1 saturated heterocycles. The summed E-state index contributed by atoms with van der Waals surface area (Å²) in [6.45, 7) is 5.07. The van der Waals surface area contributed by atoms with Gasteiger partial charge in [0.25, 0.3) is 0 Å². The third-order valence-corrected chi connectivity index (χ3v) is 2.43. The monoisotopic (exact) mass is 243 g/mol. The lowest BCUT2D eigenvalue weighted by Gasteiger charge is -2.20. The molecule has 1 fully saturated rings. The molecular formula is C11H21N3O3. The first-order chi connectivity index (χ1) is 7.99. The molecule has 98 valence electrons. The molecule has 0 radical (unpaired) electrons. The van der Waals surface area contributed by atoms with Crippen molar-refractivity contribution in [2.24, 2.45) is 0 Å². The molecule has 0 aromatic carbocycles. The molecule has 0 bridgehead atoms. The predicted octanol–water partition coefficient (Wildman–Crippen LogP) is -0.0587. The van der Waals surface area contributed by atoms with Gasteiger partial charge in [-0.15, -0.1) is 0 Å². The molecule has 0 aliphatic carbocycles. The van der Waals surface area contributed by atoms with Crippen LogP contribution in [0.4, 0.5) is 4.79 Å². The average molecular weight is 243 g/mol. The van der Waals surface area contributed by atoms with Gasteiger partial charge in [0, 0.05) is 19.7 Å². The molecule has 1 aliphatic heterocycles. The van der Waals surface area contributed by atoms with Crippen LogP contribution < -0.4 is 10.6 Å². The minimum atomic E-state index is -0.237. The van der Waals surface area contributed by atoms with Gasteiger partial charge in [-0.25, -0.2) is 4.79 Å². The first-order valence-electron chi connectivity index (χ1n) is 5.87. The molecule has 3 amide bonds. The maximum absolute atomic E-state index is 11.7. The molecule has 6 heteroatoms. The van der Waals surface area contributed by atoms with Crippen LogP contribution in [0, 0.1) is 0 Å². The second-order valence-electron chi connectivity index (χ2n) is 4.59. The van der Waals surface area contributed by atoms with Crippen LogP contribution in [0.15, 0.2) is 0 Å². The van der Waals surface area contributed by atoms with E-state index in [-0.39, 0.29) is 30.6 Å². The number of likely N-dealkylation sites (N-methyl/N-ethyl adjacent to an activating group) is 1. The van der Waals surface area contributed by atoms with Gasteiger partial charge in [0.15, 0.2) is 0 Å². The Morgan fingerprint density at radius 3 is 2.71 bits per heavy atom. The summed E-state index contributed by atoms with van der Waals surface area (Å²) in [6, 6.07) is -0.0836. The van der Waals surface area contributed by atoms with E-state index in [9.17, 15) is 9.59 Å². The highest BCUT2D eigenvalue weighted by molar-refractivity contribution is 5.84. The Hall–Kier alpha value is -1.30. The highest BCUT2D eigenvalue weighted by atomic mass is 16.5. The summed E-state index contributed by atoms with van der Waals surface area (Å²) < 4.78 is 5.16. The Labute approximate surface area is 102 Å². The number of nitrogens with one attached hydrogen (secondary N) is 2. The summed E-state index contributed by atoms with van der Waals surface area (Å²) in [7, 11) is 1.60. The number of amides is 3. The molecule has 0 saturated carbocycles. The minimum Gasteiger partial charge on any atom is -0.379 e. The summed E-state index contributed by atoms with van der Waals surface area (Å²) in [4.78, 5) is 24.5. The molecule has 1 unspecified atom stereocenters. The largest absolute Gasteiger partial charge is 0.379 e. The van der Waals surface area contributed by atoms with E-state index in [1.54, 1.807) is 7.05 Å². The van der Waals surface area contributed by atoms with Crippen molar-refractivity contribution in [3.8, 4) is 0 Å². The summed E-state index contributed by atoms with van der Waals surface area (Å²) in [5.41, 5.74) is 0. The fourth-order valence-corrected chi connectivity index (χ4v) is 1.59. The molecule has 1 rings (SSSR count). The van der Waals surface area contributed by atoms with E-state index < -0.39 is 0 Å². The molecule has 0 aromatic heterocycles. The highest BCUT2D eigenvalue weighted by Crippen LogP contribution is 2.03. The van der Waals surface area contributed by atoms with Crippen LogP contribution in [0.3, 0.4) is 0 Å². The molecule has 17 heavy (non-hydrogen) atoms. The SMILES string of the molecule is CC(C)NC(=O)CN(C)C(=O)NC1CCOC1. The van der Waals surface area contributed by atoms with E-state index in [0.29, 0.717) is 13.2 Å². The van der Waals surface area contributed by atoms with E-state index in [4.69, 9.17) is 4.74 Å². The van der Waals surface area contributed by atoms with Gasteiger partial charge in [-0.3, -0.25) is 4.79 Å². The van der Waals surface area contributed by atoms with Crippen molar-refractivity contribution < 1.29 is 14.3 Å². The van der Waals surface area contributed by atoms with E-state index in [0.717, 1.165) is 6.42 Å². The standard InChI is InChI=1S/C11H21N3O3/c1-8(2)12-10(15)6-14(3)11(16)13-9-4-5-17-7-9/h8-9H,4-7H2,1-3H3,(H,12,15)(H,13,16). The number of rotatable bonds is 4. The number of carbonyl (C=O) groups is 2. The van der Waals surface area contributed by atoms with Crippen LogP contribution in [0.25, 0.3) is 0 Å². The van der Waals surface area contributed by atoms with Crippen molar-refractivity contribution in [2.75, 3.05) is 26.8 Å². The fraction of sp³-hybridized carbons (Fsp3) is 0.818. The second-order valence-corrected chi connectivity index (χ2v) is 4.59. The van der Waals surface area contributed by atoms with Gasteiger partial charge in [0.1, 0.15) is 6.54 Å². The van der Waals surface area contributed by atoms with Gasteiger partial charge in [-0.2, -0.15) is 0 Å². The molecule has 2 N–H and O–H groups in total. The van der Waals surface area contributed by atoms with Crippen molar-refractivity contribution in [1.29, 1.82) is 0 Å². The quantitative estimate of drug-likeness (QED) is 0.727. The van der Waals surface area contributed by atoms with Crippen LogP contribution in [-0.4, -0.2) is 55.7 Å². The smallest absolute Gasteiger partial charge is 0.317 e. The zero-order valence-electron chi connectivity index (χ0n) is 10.7. The first kappa shape index (κ1) is 13.8. The van der Waals surface area contributed by atoms with Crippen LogP contribution in [0.5, 0.6) is 0 Å².